The zero-order valence-electron chi connectivity index (χ0n) is 9.89. The number of rotatable bonds is 1. The number of hydrogen-bond donors (Lipinski definition) is 1. The molecule has 18 heavy (non-hydrogen) atoms. The molecule has 3 aromatic rings. The number of imidazole rings is 1. The number of halogens is 1. The predicted octanol–water partition coefficient (Wildman–Crippen LogP) is 3.57. The van der Waals surface area contributed by atoms with Gasteiger partial charge in [0.25, 0.3) is 0 Å². The summed E-state index contributed by atoms with van der Waals surface area (Å²) >= 11 is 6.25. The minimum atomic E-state index is 0.448. The van der Waals surface area contributed by atoms with E-state index in [1.165, 1.54) is 5.56 Å². The molecule has 1 aromatic heterocycles. The average Bonchev–Trinajstić information content (AvgIpc) is 2.67. The molecule has 0 unspecified atom stereocenters. The number of anilines is 1. The van der Waals surface area contributed by atoms with Gasteiger partial charge in [-0.15, -0.1) is 0 Å². The van der Waals surface area contributed by atoms with Crippen LogP contribution in [0.5, 0.6) is 0 Å². The van der Waals surface area contributed by atoms with Crippen LogP contribution in [0.3, 0.4) is 0 Å². The summed E-state index contributed by atoms with van der Waals surface area (Å²) in [4.78, 5) is 4.34. The number of aryl methyl sites for hydroxylation is 1. The third-order valence-corrected chi connectivity index (χ3v) is 3.22. The van der Waals surface area contributed by atoms with Gasteiger partial charge in [0.2, 0.25) is 5.95 Å². The Balaban J connectivity index is 2.38. The van der Waals surface area contributed by atoms with Gasteiger partial charge in [-0.1, -0.05) is 29.8 Å². The summed E-state index contributed by atoms with van der Waals surface area (Å²) in [6.45, 7) is 2.04. The van der Waals surface area contributed by atoms with Crippen LogP contribution in [-0.4, -0.2) is 9.55 Å². The molecule has 0 bridgehead atoms. The summed E-state index contributed by atoms with van der Waals surface area (Å²) in [5.41, 5.74) is 9.80. The van der Waals surface area contributed by atoms with Crippen LogP contribution < -0.4 is 5.73 Å². The number of nitrogens with zero attached hydrogens (tertiary/aromatic N) is 2. The Morgan fingerprint density at radius 3 is 2.72 bits per heavy atom. The van der Waals surface area contributed by atoms with E-state index >= 15 is 0 Å². The van der Waals surface area contributed by atoms with Gasteiger partial charge < -0.3 is 5.73 Å². The third kappa shape index (κ3) is 1.64. The number of fused-ring (bicyclic) bond motifs is 1. The van der Waals surface area contributed by atoms with E-state index < -0.39 is 0 Å². The molecule has 0 saturated carbocycles. The number of para-hydroxylation sites is 1. The van der Waals surface area contributed by atoms with Gasteiger partial charge in [0.15, 0.2) is 0 Å². The van der Waals surface area contributed by atoms with Crippen molar-refractivity contribution in [3.63, 3.8) is 0 Å². The van der Waals surface area contributed by atoms with Crippen LogP contribution in [0.4, 0.5) is 5.95 Å². The summed E-state index contributed by atoms with van der Waals surface area (Å²) in [7, 11) is 0. The molecule has 0 atom stereocenters. The van der Waals surface area contributed by atoms with Crippen LogP contribution in [0, 0.1) is 6.92 Å². The highest BCUT2D eigenvalue weighted by Gasteiger charge is 2.12. The van der Waals surface area contributed by atoms with Gasteiger partial charge in [0.05, 0.1) is 16.1 Å². The maximum atomic E-state index is 6.25. The van der Waals surface area contributed by atoms with E-state index in [0.717, 1.165) is 16.7 Å². The Bertz CT molecular complexity index is 731. The Morgan fingerprint density at radius 1 is 1.17 bits per heavy atom. The number of benzene rings is 2. The molecule has 0 radical (unpaired) electrons. The van der Waals surface area contributed by atoms with Crippen molar-refractivity contribution in [2.45, 2.75) is 6.92 Å². The van der Waals surface area contributed by atoms with Crippen molar-refractivity contribution in [1.82, 2.24) is 9.55 Å². The Kier molecular flexibility index (Phi) is 2.49. The molecular weight excluding hydrogens is 246 g/mol. The van der Waals surface area contributed by atoms with Crippen molar-refractivity contribution in [2.75, 3.05) is 5.73 Å². The number of hydrogen-bond acceptors (Lipinski definition) is 2. The maximum Gasteiger partial charge on any atom is 0.205 e. The summed E-state index contributed by atoms with van der Waals surface area (Å²) in [5.74, 6) is 0.448. The third-order valence-electron chi connectivity index (χ3n) is 2.91. The standard InChI is InChI=1S/C14H12ClN3/c1-9-4-2-5-10(8-9)18-13-11(15)6-3-7-12(13)17-14(18)16/h2-8H,1H3,(H2,16,17). The topological polar surface area (TPSA) is 43.8 Å². The molecule has 0 saturated heterocycles. The molecule has 3 rings (SSSR count). The normalized spacial score (nSPS) is 11.0. The van der Waals surface area contributed by atoms with Crippen molar-refractivity contribution in [1.29, 1.82) is 0 Å². The van der Waals surface area contributed by atoms with Gasteiger partial charge in [-0.2, -0.15) is 0 Å². The maximum absolute atomic E-state index is 6.25. The molecule has 0 aliphatic heterocycles. The summed E-state index contributed by atoms with van der Waals surface area (Å²) in [5, 5.41) is 0.651. The minimum absolute atomic E-state index is 0.448. The highest BCUT2D eigenvalue weighted by atomic mass is 35.5. The van der Waals surface area contributed by atoms with E-state index in [1.807, 2.05) is 47.9 Å². The fourth-order valence-corrected chi connectivity index (χ4v) is 2.39. The first-order chi connectivity index (χ1) is 8.66. The minimum Gasteiger partial charge on any atom is -0.369 e. The van der Waals surface area contributed by atoms with Crippen LogP contribution in [0.1, 0.15) is 5.56 Å². The van der Waals surface area contributed by atoms with Gasteiger partial charge in [0, 0.05) is 5.69 Å². The summed E-state index contributed by atoms with van der Waals surface area (Å²) in [6, 6.07) is 13.7. The monoisotopic (exact) mass is 257 g/mol. The molecule has 1 heterocycles. The van der Waals surface area contributed by atoms with E-state index in [9.17, 15) is 0 Å². The van der Waals surface area contributed by atoms with Crippen molar-refractivity contribution in [3.8, 4) is 5.69 Å². The Morgan fingerprint density at radius 2 is 1.94 bits per heavy atom. The number of nitrogen functional groups attached to an aromatic ring is 1. The van der Waals surface area contributed by atoms with E-state index in [-0.39, 0.29) is 0 Å². The molecule has 0 fully saturated rings. The van der Waals surface area contributed by atoms with Gasteiger partial charge in [-0.3, -0.25) is 4.57 Å². The van der Waals surface area contributed by atoms with Gasteiger partial charge in [-0.05, 0) is 36.8 Å². The summed E-state index contributed by atoms with van der Waals surface area (Å²) in [6.07, 6.45) is 0. The van der Waals surface area contributed by atoms with E-state index in [2.05, 4.69) is 11.1 Å². The number of nitrogens with two attached hydrogens (primary N) is 1. The largest absolute Gasteiger partial charge is 0.369 e. The highest BCUT2D eigenvalue weighted by Crippen LogP contribution is 2.28. The first-order valence-electron chi connectivity index (χ1n) is 5.66. The predicted molar refractivity (Wildman–Crippen MR) is 75.2 cm³/mol. The van der Waals surface area contributed by atoms with Crippen molar-refractivity contribution >= 4 is 28.6 Å². The first kappa shape index (κ1) is 11.1. The molecule has 0 spiro atoms. The van der Waals surface area contributed by atoms with Crippen LogP contribution >= 0.6 is 11.6 Å². The van der Waals surface area contributed by atoms with Crippen molar-refractivity contribution < 1.29 is 0 Å². The summed E-state index contributed by atoms with van der Waals surface area (Å²) < 4.78 is 1.88. The van der Waals surface area contributed by atoms with Crippen molar-refractivity contribution in [2.24, 2.45) is 0 Å². The second-order valence-electron chi connectivity index (χ2n) is 4.25. The lowest BCUT2D eigenvalue weighted by atomic mass is 10.2. The zero-order valence-corrected chi connectivity index (χ0v) is 10.6. The Labute approximate surface area is 110 Å². The van der Waals surface area contributed by atoms with Crippen LogP contribution in [-0.2, 0) is 0 Å². The molecule has 3 nitrogen and oxygen atoms in total. The first-order valence-corrected chi connectivity index (χ1v) is 6.04. The number of aromatic nitrogens is 2. The second-order valence-corrected chi connectivity index (χ2v) is 4.66. The molecule has 2 aromatic carbocycles. The lowest BCUT2D eigenvalue weighted by molar-refractivity contribution is 1.10. The quantitative estimate of drug-likeness (QED) is 0.724. The molecule has 0 amide bonds. The van der Waals surface area contributed by atoms with Crippen LogP contribution in [0.2, 0.25) is 5.02 Å². The van der Waals surface area contributed by atoms with E-state index in [1.54, 1.807) is 0 Å². The molecule has 0 aliphatic carbocycles. The lowest BCUT2D eigenvalue weighted by Crippen LogP contribution is -2.00. The zero-order chi connectivity index (χ0) is 12.7. The molecule has 90 valence electrons. The van der Waals surface area contributed by atoms with Gasteiger partial charge in [0.1, 0.15) is 0 Å². The Hall–Kier alpha value is -2.00. The fraction of sp³-hybridized carbons (Fsp3) is 0.0714. The van der Waals surface area contributed by atoms with Crippen molar-refractivity contribution in [3.05, 3.63) is 53.1 Å². The fourth-order valence-electron chi connectivity index (χ4n) is 2.13. The molecule has 0 aliphatic rings. The molecular formula is C14H12ClN3. The van der Waals surface area contributed by atoms with Crippen LogP contribution in [0.25, 0.3) is 16.7 Å². The van der Waals surface area contributed by atoms with E-state index in [0.29, 0.717) is 11.0 Å². The van der Waals surface area contributed by atoms with Gasteiger partial charge in [-0.25, -0.2) is 4.98 Å². The van der Waals surface area contributed by atoms with Crippen LogP contribution in [0.15, 0.2) is 42.5 Å². The molecule has 4 heteroatoms. The second kappa shape index (κ2) is 4.03. The lowest BCUT2D eigenvalue weighted by Gasteiger charge is -2.08. The smallest absolute Gasteiger partial charge is 0.205 e. The molecule has 2 N–H and O–H groups in total. The average molecular weight is 258 g/mol. The van der Waals surface area contributed by atoms with E-state index in [4.69, 9.17) is 17.3 Å². The SMILES string of the molecule is Cc1cccc(-n2c(N)nc3cccc(Cl)c32)c1. The van der Waals surface area contributed by atoms with Gasteiger partial charge >= 0.3 is 0 Å². The highest BCUT2D eigenvalue weighted by molar-refractivity contribution is 6.35.